The largest absolute Gasteiger partial charge is 0.365 e. The molecule has 1 aliphatic rings. The number of benzene rings is 1. The van der Waals surface area contributed by atoms with Gasteiger partial charge in [-0.25, -0.2) is 9.97 Å². The summed E-state index contributed by atoms with van der Waals surface area (Å²) in [5, 5.41) is 3.23. The monoisotopic (exact) mass is 325 g/mol. The molecule has 2 aromatic rings. The van der Waals surface area contributed by atoms with Crippen molar-refractivity contribution in [1.82, 2.24) is 19.8 Å². The van der Waals surface area contributed by atoms with Crippen molar-refractivity contribution in [3.05, 3.63) is 53.5 Å². The van der Waals surface area contributed by atoms with E-state index < -0.39 is 0 Å². The number of hydrogen-bond acceptors (Lipinski definition) is 5. The Balaban J connectivity index is 1.58. The third kappa shape index (κ3) is 4.08. The zero-order valence-electron chi connectivity index (χ0n) is 14.2. The lowest BCUT2D eigenvalue weighted by Crippen LogP contribution is -2.47. The van der Waals surface area contributed by atoms with Gasteiger partial charge in [-0.15, -0.1) is 0 Å². The molecular formula is C18H23N5O. The Morgan fingerprint density at radius 1 is 1.17 bits per heavy atom. The summed E-state index contributed by atoms with van der Waals surface area (Å²) in [4.78, 5) is 25.1. The summed E-state index contributed by atoms with van der Waals surface area (Å²) in [6, 6.07) is 8.31. The topological polar surface area (TPSA) is 61.4 Å². The van der Waals surface area contributed by atoms with Crippen molar-refractivity contribution in [3.8, 4) is 0 Å². The normalized spacial score (nSPS) is 15.3. The highest BCUT2D eigenvalue weighted by atomic mass is 16.2. The van der Waals surface area contributed by atoms with Crippen LogP contribution in [-0.4, -0.2) is 58.9 Å². The summed E-state index contributed by atoms with van der Waals surface area (Å²) in [6.07, 6.45) is 3.18. The average molecular weight is 325 g/mol. The van der Waals surface area contributed by atoms with Crippen molar-refractivity contribution in [2.24, 2.45) is 0 Å². The van der Waals surface area contributed by atoms with E-state index in [4.69, 9.17) is 0 Å². The fourth-order valence-electron chi connectivity index (χ4n) is 2.72. The first kappa shape index (κ1) is 16.4. The zero-order valence-corrected chi connectivity index (χ0v) is 14.2. The molecule has 1 N–H and O–H groups in total. The first-order valence-corrected chi connectivity index (χ1v) is 8.21. The van der Waals surface area contributed by atoms with E-state index in [0.717, 1.165) is 26.2 Å². The third-order valence-electron chi connectivity index (χ3n) is 4.22. The molecule has 1 aliphatic heterocycles. The van der Waals surface area contributed by atoms with Crippen LogP contribution >= 0.6 is 0 Å². The molecule has 1 saturated heterocycles. The Labute approximate surface area is 142 Å². The van der Waals surface area contributed by atoms with Crippen LogP contribution in [0.5, 0.6) is 0 Å². The molecule has 1 aromatic carbocycles. The maximum Gasteiger partial charge on any atom is 0.274 e. The van der Waals surface area contributed by atoms with Crippen LogP contribution in [0, 0.1) is 6.92 Å². The Kier molecular flexibility index (Phi) is 5.05. The number of carbonyl (C=O) groups is 1. The van der Waals surface area contributed by atoms with E-state index in [2.05, 4.69) is 52.4 Å². The predicted octanol–water partition coefficient (Wildman–Crippen LogP) is 1.78. The molecular weight excluding hydrogens is 302 g/mol. The van der Waals surface area contributed by atoms with Gasteiger partial charge in [-0.1, -0.05) is 29.8 Å². The van der Waals surface area contributed by atoms with E-state index >= 15 is 0 Å². The van der Waals surface area contributed by atoms with E-state index in [9.17, 15) is 4.79 Å². The van der Waals surface area contributed by atoms with Crippen LogP contribution < -0.4 is 5.32 Å². The fraction of sp³-hybridized carbons (Fsp3) is 0.389. The average Bonchev–Trinajstić information content (AvgIpc) is 2.61. The molecule has 1 fully saturated rings. The molecule has 24 heavy (non-hydrogen) atoms. The van der Waals surface area contributed by atoms with Gasteiger partial charge in [-0.3, -0.25) is 4.79 Å². The molecule has 6 heteroatoms. The molecule has 2 heterocycles. The third-order valence-corrected chi connectivity index (χ3v) is 4.22. The highest BCUT2D eigenvalue weighted by Crippen LogP contribution is 2.09. The van der Waals surface area contributed by atoms with Crippen molar-refractivity contribution in [2.75, 3.05) is 38.5 Å². The van der Waals surface area contributed by atoms with Gasteiger partial charge in [-0.05, 0) is 19.5 Å². The molecule has 1 aromatic heterocycles. The standard InChI is InChI=1S/C18H23N5O/c1-14-4-3-5-15(10-14)11-20-17-13-19-16(12-21-17)18(24)23-8-6-22(2)7-9-23/h3-5,10,12-13H,6-9,11H2,1-2H3,(H,20,21). The van der Waals surface area contributed by atoms with Crippen molar-refractivity contribution in [1.29, 1.82) is 0 Å². The van der Waals surface area contributed by atoms with Crippen LogP contribution in [0.2, 0.25) is 0 Å². The first-order valence-electron chi connectivity index (χ1n) is 8.21. The minimum atomic E-state index is -0.0409. The molecule has 0 atom stereocenters. The lowest BCUT2D eigenvalue weighted by molar-refractivity contribution is 0.0658. The minimum absolute atomic E-state index is 0.0409. The van der Waals surface area contributed by atoms with Gasteiger partial charge in [0.25, 0.3) is 5.91 Å². The molecule has 0 radical (unpaired) electrons. The van der Waals surface area contributed by atoms with Crippen LogP contribution in [0.15, 0.2) is 36.7 Å². The second-order valence-corrected chi connectivity index (χ2v) is 6.22. The molecule has 0 bridgehead atoms. The number of amides is 1. The highest BCUT2D eigenvalue weighted by molar-refractivity contribution is 5.92. The lowest BCUT2D eigenvalue weighted by atomic mass is 10.1. The predicted molar refractivity (Wildman–Crippen MR) is 93.9 cm³/mol. The van der Waals surface area contributed by atoms with Gasteiger partial charge >= 0.3 is 0 Å². The van der Waals surface area contributed by atoms with E-state index in [0.29, 0.717) is 18.1 Å². The molecule has 6 nitrogen and oxygen atoms in total. The Morgan fingerprint density at radius 3 is 2.62 bits per heavy atom. The molecule has 0 aliphatic carbocycles. The molecule has 0 spiro atoms. The highest BCUT2D eigenvalue weighted by Gasteiger charge is 2.21. The number of piperazine rings is 1. The molecule has 0 saturated carbocycles. The van der Waals surface area contributed by atoms with Gasteiger partial charge in [0.2, 0.25) is 0 Å². The zero-order chi connectivity index (χ0) is 16.9. The number of rotatable bonds is 4. The minimum Gasteiger partial charge on any atom is -0.365 e. The number of hydrogen-bond donors (Lipinski definition) is 1. The summed E-state index contributed by atoms with van der Waals surface area (Å²) < 4.78 is 0. The van der Waals surface area contributed by atoms with Gasteiger partial charge in [-0.2, -0.15) is 0 Å². The van der Waals surface area contributed by atoms with Crippen LogP contribution in [-0.2, 0) is 6.54 Å². The maximum absolute atomic E-state index is 12.4. The Bertz CT molecular complexity index is 693. The van der Waals surface area contributed by atoms with Crippen molar-refractivity contribution < 1.29 is 4.79 Å². The summed E-state index contributed by atoms with van der Waals surface area (Å²) in [6.45, 7) is 6.03. The summed E-state index contributed by atoms with van der Waals surface area (Å²) in [5.41, 5.74) is 2.82. The number of aryl methyl sites for hydroxylation is 1. The number of nitrogens with one attached hydrogen (secondary N) is 1. The van der Waals surface area contributed by atoms with Crippen LogP contribution in [0.4, 0.5) is 5.82 Å². The SMILES string of the molecule is Cc1cccc(CNc2cnc(C(=O)N3CCN(C)CC3)cn2)c1. The van der Waals surface area contributed by atoms with Gasteiger partial charge in [0.05, 0.1) is 12.4 Å². The van der Waals surface area contributed by atoms with Gasteiger partial charge in [0, 0.05) is 32.7 Å². The smallest absolute Gasteiger partial charge is 0.274 e. The number of nitrogens with zero attached hydrogens (tertiary/aromatic N) is 4. The maximum atomic E-state index is 12.4. The van der Waals surface area contributed by atoms with Crippen LogP contribution in [0.1, 0.15) is 21.6 Å². The second-order valence-electron chi connectivity index (χ2n) is 6.22. The molecule has 3 rings (SSSR count). The van der Waals surface area contributed by atoms with Gasteiger partial charge in [0.15, 0.2) is 0 Å². The molecule has 126 valence electrons. The van der Waals surface area contributed by atoms with Gasteiger partial charge < -0.3 is 15.1 Å². The van der Waals surface area contributed by atoms with Gasteiger partial charge in [0.1, 0.15) is 11.5 Å². The van der Waals surface area contributed by atoms with E-state index in [1.807, 2.05) is 11.0 Å². The first-order chi connectivity index (χ1) is 11.6. The van der Waals surface area contributed by atoms with E-state index in [1.165, 1.54) is 11.1 Å². The second kappa shape index (κ2) is 7.40. The van der Waals surface area contributed by atoms with Crippen molar-refractivity contribution >= 4 is 11.7 Å². The Morgan fingerprint density at radius 2 is 1.96 bits per heavy atom. The molecule has 0 unspecified atom stereocenters. The van der Waals surface area contributed by atoms with Crippen molar-refractivity contribution in [3.63, 3.8) is 0 Å². The quantitative estimate of drug-likeness (QED) is 0.928. The van der Waals surface area contributed by atoms with E-state index in [1.54, 1.807) is 12.4 Å². The van der Waals surface area contributed by atoms with E-state index in [-0.39, 0.29) is 5.91 Å². The summed E-state index contributed by atoms with van der Waals surface area (Å²) >= 11 is 0. The summed E-state index contributed by atoms with van der Waals surface area (Å²) in [5.74, 6) is 0.632. The van der Waals surface area contributed by atoms with Crippen LogP contribution in [0.25, 0.3) is 0 Å². The van der Waals surface area contributed by atoms with Crippen molar-refractivity contribution in [2.45, 2.75) is 13.5 Å². The van der Waals surface area contributed by atoms with Crippen LogP contribution in [0.3, 0.4) is 0 Å². The summed E-state index contributed by atoms with van der Waals surface area (Å²) in [7, 11) is 2.07. The fourth-order valence-corrected chi connectivity index (χ4v) is 2.72. The molecule has 1 amide bonds. The Hall–Kier alpha value is -2.47. The number of aromatic nitrogens is 2. The number of carbonyl (C=O) groups excluding carboxylic acids is 1. The number of likely N-dealkylation sites (N-methyl/N-ethyl adjacent to an activating group) is 1. The number of anilines is 1. The lowest BCUT2D eigenvalue weighted by Gasteiger charge is -2.32.